The Bertz CT molecular complexity index is 704. The molecule has 2 rings (SSSR count). The summed E-state index contributed by atoms with van der Waals surface area (Å²) in [5, 5.41) is 20.3. The summed E-state index contributed by atoms with van der Waals surface area (Å²) in [6.45, 7) is 0.238. The lowest BCUT2D eigenvalue weighted by molar-refractivity contribution is -0.389. The van der Waals surface area contributed by atoms with Gasteiger partial charge in [-0.25, -0.2) is 13.6 Å². The van der Waals surface area contributed by atoms with Crippen LogP contribution in [0.1, 0.15) is 6.42 Å². The van der Waals surface area contributed by atoms with Gasteiger partial charge in [0.2, 0.25) is 15.8 Å². The van der Waals surface area contributed by atoms with Crippen LogP contribution in [0.15, 0.2) is 11.6 Å². The van der Waals surface area contributed by atoms with Crippen LogP contribution in [-0.4, -0.2) is 35.0 Å². The van der Waals surface area contributed by atoms with E-state index in [9.17, 15) is 18.5 Å². The first-order chi connectivity index (χ1) is 8.88. The Balaban J connectivity index is 2.10. The SMILES string of the molecule is NS(=O)(=O)CCCNc1nc2sccn2c1[N+](=O)[O-]. The topological polar surface area (TPSA) is 133 Å². The third-order valence-electron chi connectivity index (χ3n) is 2.31. The van der Waals surface area contributed by atoms with Gasteiger partial charge in [0, 0.05) is 11.9 Å². The molecule has 0 atom stereocenters. The minimum atomic E-state index is -3.52. The highest BCUT2D eigenvalue weighted by Gasteiger charge is 2.23. The fraction of sp³-hybridized carbons (Fsp3) is 0.375. The van der Waals surface area contributed by atoms with E-state index in [0.29, 0.717) is 4.96 Å². The van der Waals surface area contributed by atoms with Gasteiger partial charge < -0.3 is 15.4 Å². The lowest BCUT2D eigenvalue weighted by Crippen LogP contribution is -2.18. The third kappa shape index (κ3) is 3.19. The van der Waals surface area contributed by atoms with Gasteiger partial charge in [-0.1, -0.05) is 11.3 Å². The number of anilines is 1. The van der Waals surface area contributed by atoms with Crippen molar-refractivity contribution in [2.75, 3.05) is 17.6 Å². The normalized spacial score (nSPS) is 11.8. The molecule has 0 aliphatic heterocycles. The summed E-state index contributed by atoms with van der Waals surface area (Å²) < 4.78 is 22.8. The van der Waals surface area contributed by atoms with Crippen molar-refractivity contribution in [2.45, 2.75) is 6.42 Å². The van der Waals surface area contributed by atoms with Crippen LogP contribution in [0.3, 0.4) is 0 Å². The van der Waals surface area contributed by atoms with Crippen molar-refractivity contribution in [3.8, 4) is 0 Å². The Morgan fingerprint density at radius 2 is 2.32 bits per heavy atom. The quantitative estimate of drug-likeness (QED) is 0.451. The van der Waals surface area contributed by atoms with Gasteiger partial charge in [0.15, 0.2) is 0 Å². The molecule has 2 aromatic rings. The first-order valence-electron chi connectivity index (χ1n) is 5.23. The Morgan fingerprint density at radius 1 is 1.58 bits per heavy atom. The molecule has 0 aliphatic rings. The number of nitrogens with zero attached hydrogens (tertiary/aromatic N) is 3. The Hall–Kier alpha value is -1.72. The van der Waals surface area contributed by atoms with Crippen LogP contribution < -0.4 is 10.5 Å². The summed E-state index contributed by atoms with van der Waals surface area (Å²) in [6, 6.07) is 0. The van der Waals surface area contributed by atoms with Gasteiger partial charge in [-0.15, -0.1) is 0 Å². The van der Waals surface area contributed by atoms with Crippen molar-refractivity contribution >= 4 is 38.0 Å². The predicted molar refractivity (Wildman–Crippen MR) is 70.8 cm³/mol. The lowest BCUT2D eigenvalue weighted by atomic mass is 10.4. The number of sulfonamides is 1. The van der Waals surface area contributed by atoms with Crippen LogP contribution in [-0.2, 0) is 10.0 Å². The van der Waals surface area contributed by atoms with Gasteiger partial charge in [-0.2, -0.15) is 9.38 Å². The molecule has 2 aromatic heterocycles. The molecule has 11 heteroatoms. The number of rotatable bonds is 6. The largest absolute Gasteiger partial charge is 0.372 e. The molecule has 0 aliphatic carbocycles. The first kappa shape index (κ1) is 13.7. The molecule has 9 nitrogen and oxygen atoms in total. The number of nitrogens with two attached hydrogens (primary N) is 1. The molecule has 0 saturated heterocycles. The molecule has 19 heavy (non-hydrogen) atoms. The molecule has 104 valence electrons. The number of primary sulfonamides is 1. The maximum absolute atomic E-state index is 11.0. The average Bonchev–Trinajstić information content (AvgIpc) is 2.81. The average molecular weight is 305 g/mol. The summed E-state index contributed by atoms with van der Waals surface area (Å²) in [7, 11) is -3.52. The number of hydrogen-bond donors (Lipinski definition) is 2. The van der Waals surface area contributed by atoms with Crippen molar-refractivity contribution in [1.82, 2.24) is 9.38 Å². The number of hydrogen-bond acceptors (Lipinski definition) is 7. The van der Waals surface area contributed by atoms with E-state index < -0.39 is 14.9 Å². The zero-order valence-electron chi connectivity index (χ0n) is 9.64. The number of imidazole rings is 1. The van der Waals surface area contributed by atoms with E-state index in [1.165, 1.54) is 15.7 Å². The van der Waals surface area contributed by atoms with Crippen LogP contribution in [0.25, 0.3) is 4.96 Å². The molecule has 0 fully saturated rings. The molecule has 0 saturated carbocycles. The van der Waals surface area contributed by atoms with Gasteiger partial charge in [0.25, 0.3) is 4.96 Å². The van der Waals surface area contributed by atoms with E-state index in [1.54, 1.807) is 11.6 Å². The number of fused-ring (bicyclic) bond motifs is 1. The van der Waals surface area contributed by atoms with Gasteiger partial charge in [0.05, 0.1) is 5.75 Å². The Morgan fingerprint density at radius 3 is 2.95 bits per heavy atom. The van der Waals surface area contributed by atoms with Gasteiger partial charge >= 0.3 is 5.82 Å². The van der Waals surface area contributed by atoms with E-state index in [1.807, 2.05) is 0 Å². The fourth-order valence-electron chi connectivity index (χ4n) is 1.55. The second-order valence-corrected chi connectivity index (χ2v) is 6.35. The second kappa shape index (κ2) is 5.11. The highest BCUT2D eigenvalue weighted by Crippen LogP contribution is 2.27. The monoisotopic (exact) mass is 305 g/mol. The van der Waals surface area contributed by atoms with Crippen molar-refractivity contribution in [2.24, 2.45) is 5.14 Å². The molecule has 0 unspecified atom stereocenters. The Kier molecular flexibility index (Phi) is 3.68. The number of aromatic nitrogens is 2. The zero-order valence-corrected chi connectivity index (χ0v) is 11.3. The van der Waals surface area contributed by atoms with Crippen molar-refractivity contribution in [3.05, 3.63) is 21.7 Å². The maximum atomic E-state index is 11.0. The minimum absolute atomic E-state index is 0.131. The summed E-state index contributed by atoms with van der Waals surface area (Å²) >= 11 is 1.27. The van der Waals surface area contributed by atoms with Crippen LogP contribution in [0.5, 0.6) is 0 Å². The molecule has 0 aromatic carbocycles. The number of nitrogens with one attached hydrogen (secondary N) is 1. The van der Waals surface area contributed by atoms with Gasteiger partial charge in [0.1, 0.15) is 6.20 Å². The summed E-state index contributed by atoms with van der Waals surface area (Å²) in [5.74, 6) is -0.214. The highest BCUT2D eigenvalue weighted by molar-refractivity contribution is 7.89. The maximum Gasteiger partial charge on any atom is 0.372 e. The molecular weight excluding hydrogens is 294 g/mol. The Labute approximate surface area is 112 Å². The predicted octanol–water partition coefficient (Wildman–Crippen LogP) is 0.394. The molecule has 2 heterocycles. The van der Waals surface area contributed by atoms with E-state index in [0.717, 1.165) is 0 Å². The standard InChI is InChI=1S/C8H11N5O4S2/c9-19(16,17)5-1-2-10-6-7(13(14)15)12-3-4-18-8(12)11-6/h3-4,10H,1-2,5H2,(H2,9,16,17). The minimum Gasteiger partial charge on any atom is -0.363 e. The summed E-state index contributed by atoms with van der Waals surface area (Å²) in [6.07, 6.45) is 1.81. The van der Waals surface area contributed by atoms with Crippen molar-refractivity contribution < 1.29 is 13.3 Å². The molecule has 3 N–H and O–H groups in total. The molecule has 0 amide bonds. The summed E-state index contributed by atoms with van der Waals surface area (Å²) in [5.41, 5.74) is 0. The summed E-state index contributed by atoms with van der Waals surface area (Å²) in [4.78, 5) is 15.0. The zero-order chi connectivity index (χ0) is 14.0. The van der Waals surface area contributed by atoms with Gasteiger partial charge in [-0.05, 0) is 11.3 Å². The molecule has 0 spiro atoms. The van der Waals surface area contributed by atoms with E-state index in [-0.39, 0.29) is 30.4 Å². The van der Waals surface area contributed by atoms with E-state index >= 15 is 0 Å². The smallest absolute Gasteiger partial charge is 0.363 e. The van der Waals surface area contributed by atoms with Crippen LogP contribution in [0, 0.1) is 10.1 Å². The van der Waals surface area contributed by atoms with E-state index in [4.69, 9.17) is 5.14 Å². The van der Waals surface area contributed by atoms with E-state index in [2.05, 4.69) is 10.3 Å². The van der Waals surface area contributed by atoms with Crippen molar-refractivity contribution in [3.63, 3.8) is 0 Å². The molecular formula is C8H11N5O4S2. The van der Waals surface area contributed by atoms with Crippen LogP contribution >= 0.6 is 11.3 Å². The second-order valence-electron chi connectivity index (χ2n) is 3.74. The van der Waals surface area contributed by atoms with Crippen molar-refractivity contribution in [1.29, 1.82) is 0 Å². The molecule has 0 bridgehead atoms. The fourth-order valence-corrected chi connectivity index (χ4v) is 2.80. The van der Waals surface area contributed by atoms with Crippen LogP contribution in [0.2, 0.25) is 0 Å². The lowest BCUT2D eigenvalue weighted by Gasteiger charge is -2.02. The third-order valence-corrected chi connectivity index (χ3v) is 3.92. The van der Waals surface area contributed by atoms with Gasteiger partial charge in [-0.3, -0.25) is 0 Å². The molecule has 0 radical (unpaired) electrons. The number of nitro groups is 1. The van der Waals surface area contributed by atoms with Crippen LogP contribution in [0.4, 0.5) is 11.6 Å². The first-order valence-corrected chi connectivity index (χ1v) is 7.82. The number of thiazole rings is 1. The highest BCUT2D eigenvalue weighted by atomic mass is 32.2.